The Kier molecular flexibility index (Phi) is 10.1. The van der Waals surface area contributed by atoms with Gasteiger partial charge in [0.05, 0.1) is 0 Å². The van der Waals surface area contributed by atoms with Crippen LogP contribution in [0.15, 0.2) is 0 Å². The molecule has 0 saturated carbocycles. The van der Waals surface area contributed by atoms with Gasteiger partial charge < -0.3 is 0 Å². The van der Waals surface area contributed by atoms with Gasteiger partial charge in [-0.3, -0.25) is 0 Å². The molecule has 0 aliphatic rings. The molecule has 0 aliphatic carbocycles. The summed E-state index contributed by atoms with van der Waals surface area (Å²) < 4.78 is 0. The monoisotopic (exact) mass is 182 g/mol. The van der Waals surface area contributed by atoms with E-state index in [1.165, 1.54) is 51.4 Å². The van der Waals surface area contributed by atoms with E-state index >= 15 is 0 Å². The van der Waals surface area contributed by atoms with Crippen molar-refractivity contribution in [3.63, 3.8) is 0 Å². The van der Waals surface area contributed by atoms with Crippen molar-refractivity contribution < 1.29 is 0 Å². The number of unbranched alkanes of at least 4 members (excludes halogenated alkanes) is 7. The Labute approximate surface area is 85.1 Å². The summed E-state index contributed by atoms with van der Waals surface area (Å²) >= 11 is 0. The predicted octanol–water partition coefficient (Wildman–Crippen LogP) is 4.95. The summed E-state index contributed by atoms with van der Waals surface area (Å²) in [6.07, 6.45) is 12.3. The second kappa shape index (κ2) is 10.1. The van der Waals surface area contributed by atoms with Gasteiger partial charge in [0, 0.05) is 0 Å². The molecule has 0 fully saturated rings. The largest absolute Gasteiger partial charge is 0.0594 e. The van der Waals surface area contributed by atoms with Crippen LogP contribution in [0.3, 0.4) is 0 Å². The van der Waals surface area contributed by atoms with Crippen molar-refractivity contribution in [2.75, 3.05) is 0 Å². The highest BCUT2D eigenvalue weighted by atomic mass is 14.0. The van der Waals surface area contributed by atoms with Crippen LogP contribution in [0.25, 0.3) is 0 Å². The Morgan fingerprint density at radius 3 is 1.69 bits per heavy atom. The number of rotatable bonds is 9. The van der Waals surface area contributed by atoms with Gasteiger partial charge in [-0.2, -0.15) is 0 Å². The molecular formula is C13H26. The number of hydrogen-bond acceptors (Lipinski definition) is 0. The maximum Gasteiger partial charge on any atom is -0.0303 e. The third-order valence-electron chi connectivity index (χ3n) is 2.43. The predicted molar refractivity (Wildman–Crippen MR) is 61.5 cm³/mol. The molecule has 0 aromatic rings. The minimum atomic E-state index is 1.12. The fourth-order valence-electron chi connectivity index (χ4n) is 1.54. The summed E-state index contributed by atoms with van der Waals surface area (Å²) in [4.78, 5) is 0. The summed E-state index contributed by atoms with van der Waals surface area (Å²) in [6, 6.07) is 0. The Hall–Kier alpha value is 0. The topological polar surface area (TPSA) is 0 Å². The first-order chi connectivity index (χ1) is 6.27. The summed E-state index contributed by atoms with van der Waals surface area (Å²) in [5.41, 5.74) is 0. The molecule has 0 heterocycles. The average Bonchev–Trinajstić information content (AvgIpc) is 2.09. The quantitative estimate of drug-likeness (QED) is 0.443. The molecule has 0 rings (SSSR count). The van der Waals surface area contributed by atoms with Crippen molar-refractivity contribution in [3.05, 3.63) is 12.8 Å². The van der Waals surface area contributed by atoms with Crippen molar-refractivity contribution in [2.45, 2.75) is 71.6 Å². The summed E-state index contributed by atoms with van der Waals surface area (Å²) in [5.74, 6) is 1.58. The number of hydrogen-bond donors (Lipinski definition) is 0. The third-order valence-corrected chi connectivity index (χ3v) is 2.43. The zero-order valence-electron chi connectivity index (χ0n) is 9.57. The Morgan fingerprint density at radius 1 is 0.769 bits per heavy atom. The molecule has 0 saturated heterocycles. The van der Waals surface area contributed by atoms with E-state index in [0.717, 1.165) is 6.42 Å². The molecular weight excluding hydrogens is 156 g/mol. The van der Waals surface area contributed by atoms with E-state index in [2.05, 4.69) is 20.8 Å². The van der Waals surface area contributed by atoms with Gasteiger partial charge in [-0.25, -0.2) is 0 Å². The molecule has 0 unspecified atom stereocenters. The van der Waals surface area contributed by atoms with E-state index in [0.29, 0.717) is 0 Å². The maximum absolute atomic E-state index is 3.85. The lowest BCUT2D eigenvalue weighted by molar-refractivity contribution is 0.572. The van der Waals surface area contributed by atoms with Crippen LogP contribution < -0.4 is 0 Å². The van der Waals surface area contributed by atoms with Crippen LogP contribution in [-0.4, -0.2) is 0 Å². The summed E-state index contributed by atoms with van der Waals surface area (Å²) in [5, 5.41) is 0. The van der Waals surface area contributed by atoms with E-state index in [1.54, 1.807) is 5.92 Å². The Morgan fingerprint density at radius 2 is 1.23 bits per heavy atom. The van der Waals surface area contributed by atoms with Crippen molar-refractivity contribution >= 4 is 0 Å². The minimum absolute atomic E-state index is 1.12. The van der Waals surface area contributed by atoms with Crippen LogP contribution in [0, 0.1) is 12.8 Å². The molecule has 0 N–H and O–H groups in total. The fourth-order valence-corrected chi connectivity index (χ4v) is 1.54. The second-order valence-electron chi connectivity index (χ2n) is 4.29. The van der Waals surface area contributed by atoms with E-state index in [4.69, 9.17) is 0 Å². The lowest BCUT2D eigenvalue weighted by atomic mass is 10.0. The molecule has 2 radical (unpaired) electrons. The van der Waals surface area contributed by atoms with Gasteiger partial charge in [-0.05, 0) is 12.3 Å². The van der Waals surface area contributed by atoms with Crippen LogP contribution >= 0.6 is 0 Å². The fraction of sp³-hybridized carbons (Fsp3) is 0.846. The van der Waals surface area contributed by atoms with Crippen molar-refractivity contribution in [1.29, 1.82) is 0 Å². The second-order valence-corrected chi connectivity index (χ2v) is 4.29. The lowest BCUT2D eigenvalue weighted by Gasteiger charge is -2.03. The molecule has 13 heavy (non-hydrogen) atoms. The molecule has 0 aliphatic heterocycles. The van der Waals surface area contributed by atoms with Crippen LogP contribution in [-0.2, 0) is 0 Å². The minimum Gasteiger partial charge on any atom is -0.0594 e. The molecule has 0 atom stereocenters. The van der Waals surface area contributed by atoms with Gasteiger partial charge in [-0.15, -0.1) is 0 Å². The van der Waals surface area contributed by atoms with Crippen molar-refractivity contribution in [2.24, 2.45) is 0 Å². The zero-order valence-corrected chi connectivity index (χ0v) is 9.57. The molecule has 0 amide bonds. The molecule has 0 heteroatoms. The van der Waals surface area contributed by atoms with Gasteiger partial charge in [0.25, 0.3) is 0 Å². The highest BCUT2D eigenvalue weighted by molar-refractivity contribution is 4.75. The lowest BCUT2D eigenvalue weighted by Crippen LogP contribution is -1.85. The summed E-state index contributed by atoms with van der Waals surface area (Å²) in [7, 11) is 0. The first kappa shape index (κ1) is 13.0. The maximum atomic E-state index is 3.85. The van der Waals surface area contributed by atoms with Gasteiger partial charge in [-0.1, -0.05) is 72.1 Å². The van der Waals surface area contributed by atoms with E-state index in [1.807, 2.05) is 0 Å². The van der Waals surface area contributed by atoms with Crippen molar-refractivity contribution in [3.8, 4) is 0 Å². The smallest absolute Gasteiger partial charge is 0.0303 e. The van der Waals surface area contributed by atoms with Crippen LogP contribution in [0.2, 0.25) is 0 Å². The Bertz CT molecular complexity index is 84.0. The highest BCUT2D eigenvalue weighted by Gasteiger charge is 1.94. The van der Waals surface area contributed by atoms with E-state index in [9.17, 15) is 0 Å². The highest BCUT2D eigenvalue weighted by Crippen LogP contribution is 2.13. The SMILES string of the molecule is [CH2]CCCCCCCCC[C](C)C. The molecule has 0 bridgehead atoms. The Balaban J connectivity index is 2.84. The molecule has 0 nitrogen and oxygen atoms in total. The third kappa shape index (κ3) is 12.0. The van der Waals surface area contributed by atoms with Crippen LogP contribution in [0.5, 0.6) is 0 Å². The van der Waals surface area contributed by atoms with Crippen LogP contribution in [0.1, 0.15) is 71.6 Å². The van der Waals surface area contributed by atoms with Gasteiger partial charge in [0.1, 0.15) is 0 Å². The first-order valence-corrected chi connectivity index (χ1v) is 5.85. The zero-order chi connectivity index (χ0) is 9.94. The standard InChI is InChI=1S/C13H26/c1-4-5-6-7-8-9-10-11-12-13(2)3/h1,4-12H2,2-3H3. The molecule has 0 aromatic carbocycles. The normalized spacial score (nSPS) is 11.1. The molecule has 78 valence electrons. The van der Waals surface area contributed by atoms with E-state index in [-0.39, 0.29) is 0 Å². The van der Waals surface area contributed by atoms with Gasteiger partial charge in [0.2, 0.25) is 0 Å². The van der Waals surface area contributed by atoms with Crippen LogP contribution in [0.4, 0.5) is 0 Å². The van der Waals surface area contributed by atoms with Crippen molar-refractivity contribution in [1.82, 2.24) is 0 Å². The molecule has 0 aromatic heterocycles. The summed E-state index contributed by atoms with van der Waals surface area (Å²) in [6.45, 7) is 8.31. The first-order valence-electron chi connectivity index (χ1n) is 5.85. The van der Waals surface area contributed by atoms with Gasteiger partial charge in [0.15, 0.2) is 0 Å². The van der Waals surface area contributed by atoms with E-state index < -0.39 is 0 Å². The average molecular weight is 182 g/mol. The van der Waals surface area contributed by atoms with Gasteiger partial charge >= 0.3 is 0 Å². The molecule has 0 spiro atoms.